The van der Waals surface area contributed by atoms with E-state index in [0.717, 1.165) is 12.5 Å². The fourth-order valence-corrected chi connectivity index (χ4v) is 4.39. The smallest absolute Gasteiger partial charge is 0.0524 e. The number of nitrogens with zero attached hydrogens (tertiary/aromatic N) is 1. The Kier molecular flexibility index (Phi) is 4.54. The molecule has 1 aliphatic heterocycles. The minimum absolute atomic E-state index is 0.200. The summed E-state index contributed by atoms with van der Waals surface area (Å²) in [4.78, 5) is 2.70. The molecule has 2 N–H and O–H groups in total. The average Bonchev–Trinajstić information content (AvgIpc) is 2.47. The molecule has 1 fully saturated rings. The first kappa shape index (κ1) is 14.9. The van der Waals surface area contributed by atoms with E-state index in [-0.39, 0.29) is 5.54 Å². The molecule has 1 aromatic rings. The molecule has 2 aliphatic rings. The van der Waals surface area contributed by atoms with Crippen molar-refractivity contribution < 1.29 is 0 Å². The lowest BCUT2D eigenvalue weighted by Crippen LogP contribution is -2.57. The normalized spacial score (nSPS) is 25.8. The van der Waals surface area contributed by atoms with Crippen molar-refractivity contribution in [3.63, 3.8) is 0 Å². The van der Waals surface area contributed by atoms with Crippen LogP contribution in [0.1, 0.15) is 57.4 Å². The van der Waals surface area contributed by atoms with Gasteiger partial charge in [-0.05, 0) is 36.8 Å². The fraction of sp³-hybridized carbons (Fsp3) is 0.684. The summed E-state index contributed by atoms with van der Waals surface area (Å²) in [5, 5.41) is 0. The van der Waals surface area contributed by atoms with E-state index in [1.165, 1.54) is 69.2 Å². The average molecular weight is 286 g/mol. The number of anilines is 1. The third-order valence-electron chi connectivity index (χ3n) is 5.58. The zero-order valence-electron chi connectivity index (χ0n) is 13.5. The van der Waals surface area contributed by atoms with E-state index in [9.17, 15) is 0 Å². The highest BCUT2D eigenvalue weighted by Gasteiger charge is 2.38. The monoisotopic (exact) mass is 286 g/mol. The Hall–Kier alpha value is -1.02. The van der Waals surface area contributed by atoms with Crippen LogP contribution < -0.4 is 10.6 Å². The molecule has 0 bridgehead atoms. The van der Waals surface area contributed by atoms with Gasteiger partial charge in [0.2, 0.25) is 0 Å². The number of benzene rings is 1. The number of hydrogen-bond donors (Lipinski definition) is 1. The summed E-state index contributed by atoms with van der Waals surface area (Å²) < 4.78 is 0. The topological polar surface area (TPSA) is 29.3 Å². The SMILES string of the molecule is CC1Cc2ccccc2N(C2(CN)CCCCCCC2)C1. The van der Waals surface area contributed by atoms with Gasteiger partial charge in [-0.25, -0.2) is 0 Å². The molecule has 0 aromatic heterocycles. The van der Waals surface area contributed by atoms with Gasteiger partial charge in [-0.2, -0.15) is 0 Å². The number of para-hydroxylation sites is 1. The first-order chi connectivity index (χ1) is 10.2. The molecule has 3 rings (SSSR count). The van der Waals surface area contributed by atoms with Crippen LogP contribution in [0.25, 0.3) is 0 Å². The molecule has 1 aliphatic carbocycles. The summed E-state index contributed by atoms with van der Waals surface area (Å²) in [5.74, 6) is 0.730. The van der Waals surface area contributed by atoms with Crippen molar-refractivity contribution in [1.29, 1.82) is 0 Å². The largest absolute Gasteiger partial charge is 0.364 e. The molecule has 21 heavy (non-hydrogen) atoms. The summed E-state index contributed by atoms with van der Waals surface area (Å²) in [5.41, 5.74) is 9.53. The molecular formula is C19H30N2. The highest BCUT2D eigenvalue weighted by atomic mass is 15.2. The van der Waals surface area contributed by atoms with Crippen LogP contribution >= 0.6 is 0 Å². The maximum atomic E-state index is 6.35. The summed E-state index contributed by atoms with van der Waals surface area (Å²) in [6.45, 7) is 4.36. The van der Waals surface area contributed by atoms with Crippen molar-refractivity contribution >= 4 is 5.69 Å². The summed E-state index contributed by atoms with van der Waals surface area (Å²) in [7, 11) is 0. The van der Waals surface area contributed by atoms with E-state index in [0.29, 0.717) is 0 Å². The first-order valence-corrected chi connectivity index (χ1v) is 8.81. The van der Waals surface area contributed by atoms with Gasteiger partial charge in [0.25, 0.3) is 0 Å². The predicted octanol–water partition coefficient (Wildman–Crippen LogP) is 4.13. The number of rotatable bonds is 2. The molecule has 116 valence electrons. The van der Waals surface area contributed by atoms with Crippen molar-refractivity contribution in [1.82, 2.24) is 0 Å². The Bertz CT molecular complexity index is 460. The molecule has 1 unspecified atom stereocenters. The highest BCUT2D eigenvalue weighted by Crippen LogP contribution is 2.39. The second kappa shape index (κ2) is 6.39. The third-order valence-corrected chi connectivity index (χ3v) is 5.58. The first-order valence-electron chi connectivity index (χ1n) is 8.81. The summed E-state index contributed by atoms with van der Waals surface area (Å²) >= 11 is 0. The highest BCUT2D eigenvalue weighted by molar-refractivity contribution is 5.58. The molecular weight excluding hydrogens is 256 g/mol. The Morgan fingerprint density at radius 3 is 2.48 bits per heavy atom. The Labute approximate surface area is 129 Å². The Morgan fingerprint density at radius 1 is 1.10 bits per heavy atom. The van der Waals surface area contributed by atoms with Gasteiger partial charge in [-0.3, -0.25) is 0 Å². The molecule has 0 amide bonds. The lowest BCUT2D eigenvalue weighted by Gasteiger charge is -2.50. The molecule has 2 nitrogen and oxygen atoms in total. The standard InChI is InChI=1S/C19H30N2/c1-16-13-17-9-5-6-10-18(17)21(14-16)19(15-20)11-7-3-2-4-8-12-19/h5-6,9-10,16H,2-4,7-8,11-15,20H2,1H3. The van der Waals surface area contributed by atoms with Gasteiger partial charge in [0.15, 0.2) is 0 Å². The van der Waals surface area contributed by atoms with Crippen LogP contribution in [0.3, 0.4) is 0 Å². The fourth-order valence-electron chi connectivity index (χ4n) is 4.39. The third kappa shape index (κ3) is 2.96. The zero-order chi connectivity index (χ0) is 14.7. The Balaban J connectivity index is 1.95. The number of nitrogens with two attached hydrogens (primary N) is 1. The van der Waals surface area contributed by atoms with Crippen LogP contribution in [-0.4, -0.2) is 18.6 Å². The molecule has 0 radical (unpaired) electrons. The number of fused-ring (bicyclic) bond motifs is 1. The van der Waals surface area contributed by atoms with Crippen LogP contribution in [0.15, 0.2) is 24.3 Å². The maximum absolute atomic E-state index is 6.35. The second-order valence-corrected chi connectivity index (χ2v) is 7.24. The van der Waals surface area contributed by atoms with E-state index < -0.39 is 0 Å². The lowest BCUT2D eigenvalue weighted by atomic mass is 9.79. The van der Waals surface area contributed by atoms with Crippen LogP contribution in [0, 0.1) is 5.92 Å². The van der Waals surface area contributed by atoms with Gasteiger partial charge in [-0.1, -0.05) is 57.2 Å². The van der Waals surface area contributed by atoms with Crippen molar-refractivity contribution in [3.8, 4) is 0 Å². The molecule has 0 saturated heterocycles. The van der Waals surface area contributed by atoms with E-state index in [4.69, 9.17) is 5.73 Å². The molecule has 1 saturated carbocycles. The second-order valence-electron chi connectivity index (χ2n) is 7.24. The minimum atomic E-state index is 0.200. The van der Waals surface area contributed by atoms with Gasteiger partial charge in [0.1, 0.15) is 0 Å². The van der Waals surface area contributed by atoms with Crippen molar-refractivity contribution in [2.24, 2.45) is 11.7 Å². The molecule has 1 heterocycles. The van der Waals surface area contributed by atoms with Crippen LogP contribution in [0.4, 0.5) is 5.69 Å². The maximum Gasteiger partial charge on any atom is 0.0524 e. The van der Waals surface area contributed by atoms with Crippen molar-refractivity contribution in [2.45, 2.75) is 63.8 Å². The summed E-state index contributed by atoms with van der Waals surface area (Å²) in [6, 6.07) is 9.00. The van der Waals surface area contributed by atoms with Gasteiger partial charge >= 0.3 is 0 Å². The van der Waals surface area contributed by atoms with Gasteiger partial charge in [0.05, 0.1) is 5.54 Å². The molecule has 1 atom stereocenters. The van der Waals surface area contributed by atoms with E-state index in [2.05, 4.69) is 36.1 Å². The lowest BCUT2D eigenvalue weighted by molar-refractivity contribution is 0.283. The van der Waals surface area contributed by atoms with Gasteiger partial charge in [0, 0.05) is 18.8 Å². The minimum Gasteiger partial charge on any atom is -0.364 e. The van der Waals surface area contributed by atoms with Crippen molar-refractivity contribution in [3.05, 3.63) is 29.8 Å². The number of hydrogen-bond acceptors (Lipinski definition) is 2. The van der Waals surface area contributed by atoms with E-state index in [1.807, 2.05) is 0 Å². The quantitative estimate of drug-likeness (QED) is 0.886. The van der Waals surface area contributed by atoms with Crippen LogP contribution in [0.2, 0.25) is 0 Å². The van der Waals surface area contributed by atoms with Crippen LogP contribution in [-0.2, 0) is 6.42 Å². The predicted molar refractivity (Wildman–Crippen MR) is 90.8 cm³/mol. The molecule has 2 heteroatoms. The zero-order valence-corrected chi connectivity index (χ0v) is 13.5. The van der Waals surface area contributed by atoms with Gasteiger partial charge in [-0.15, -0.1) is 0 Å². The van der Waals surface area contributed by atoms with E-state index in [1.54, 1.807) is 0 Å². The summed E-state index contributed by atoms with van der Waals surface area (Å²) in [6.07, 6.45) is 10.6. The van der Waals surface area contributed by atoms with E-state index >= 15 is 0 Å². The molecule has 0 spiro atoms. The van der Waals surface area contributed by atoms with Crippen LogP contribution in [0.5, 0.6) is 0 Å². The Morgan fingerprint density at radius 2 is 1.76 bits per heavy atom. The van der Waals surface area contributed by atoms with Crippen molar-refractivity contribution in [2.75, 3.05) is 18.0 Å². The van der Waals surface area contributed by atoms with Gasteiger partial charge < -0.3 is 10.6 Å². The molecule has 1 aromatic carbocycles.